The number of nitrogens with zero attached hydrogens (tertiary/aromatic N) is 2. The van der Waals surface area contributed by atoms with Crippen LogP contribution in [0.1, 0.15) is 47.0 Å². The Morgan fingerprint density at radius 1 is 1.47 bits per heavy atom. The van der Waals surface area contributed by atoms with Gasteiger partial charge >= 0.3 is 0 Å². The molecule has 0 heterocycles. The fraction of sp³-hybridized carbons (Fsp3) is 0.867. The zero-order chi connectivity index (χ0) is 14.6. The van der Waals surface area contributed by atoms with E-state index in [1.54, 1.807) is 0 Å². The Kier molecular flexibility index (Phi) is 5.37. The number of likely N-dealkylation sites (N-methyl/N-ethyl adjacent to an activating group) is 1. The Morgan fingerprint density at radius 3 is 2.47 bits per heavy atom. The van der Waals surface area contributed by atoms with Crippen molar-refractivity contribution in [1.82, 2.24) is 10.2 Å². The number of amides is 1. The van der Waals surface area contributed by atoms with Crippen molar-refractivity contribution in [3.63, 3.8) is 0 Å². The van der Waals surface area contributed by atoms with E-state index in [2.05, 4.69) is 37.1 Å². The molecule has 1 fully saturated rings. The lowest BCUT2D eigenvalue weighted by Gasteiger charge is -2.28. The monoisotopic (exact) mass is 265 g/mol. The second kappa shape index (κ2) is 6.38. The molecule has 2 atom stereocenters. The molecular formula is C15H27N3O. The second-order valence-electron chi connectivity index (χ2n) is 6.53. The van der Waals surface area contributed by atoms with E-state index in [1.807, 2.05) is 14.0 Å². The molecule has 4 heteroatoms. The maximum atomic E-state index is 12.0. The summed E-state index contributed by atoms with van der Waals surface area (Å²) in [4.78, 5) is 14.1. The van der Waals surface area contributed by atoms with Gasteiger partial charge in [0.15, 0.2) is 0 Å². The minimum Gasteiger partial charge on any atom is -0.337 e. The van der Waals surface area contributed by atoms with Crippen molar-refractivity contribution < 1.29 is 4.79 Å². The van der Waals surface area contributed by atoms with Gasteiger partial charge in [0.25, 0.3) is 0 Å². The lowest BCUT2D eigenvalue weighted by Crippen LogP contribution is -2.50. The number of nitriles is 1. The molecule has 0 aromatic heterocycles. The van der Waals surface area contributed by atoms with E-state index in [-0.39, 0.29) is 5.91 Å². The van der Waals surface area contributed by atoms with Crippen molar-refractivity contribution >= 4 is 5.91 Å². The molecule has 1 N–H and O–H groups in total. The molecule has 0 aliphatic heterocycles. The van der Waals surface area contributed by atoms with Crippen molar-refractivity contribution in [2.45, 2.75) is 58.5 Å². The predicted molar refractivity (Wildman–Crippen MR) is 76.4 cm³/mol. The van der Waals surface area contributed by atoms with Gasteiger partial charge in [-0.05, 0) is 52.0 Å². The molecule has 1 aliphatic carbocycles. The minimum atomic E-state index is -0.681. The molecule has 1 amide bonds. The molecule has 0 spiro atoms. The van der Waals surface area contributed by atoms with Crippen LogP contribution in [0.25, 0.3) is 0 Å². The van der Waals surface area contributed by atoms with Crippen LogP contribution < -0.4 is 5.32 Å². The molecule has 1 saturated carbocycles. The van der Waals surface area contributed by atoms with E-state index < -0.39 is 5.54 Å². The highest BCUT2D eigenvalue weighted by Gasteiger charge is 2.43. The minimum absolute atomic E-state index is 0.0472. The number of carbonyl (C=O) groups excluding carboxylic acids is 1. The van der Waals surface area contributed by atoms with Gasteiger partial charge in [-0.1, -0.05) is 13.8 Å². The van der Waals surface area contributed by atoms with E-state index >= 15 is 0 Å². The highest BCUT2D eigenvalue weighted by atomic mass is 16.2. The molecule has 1 aliphatic rings. The van der Waals surface area contributed by atoms with Crippen LogP contribution in [-0.2, 0) is 4.79 Å². The maximum absolute atomic E-state index is 12.0. The summed E-state index contributed by atoms with van der Waals surface area (Å²) in [5, 5.41) is 12.1. The Balaban J connectivity index is 2.44. The van der Waals surface area contributed by atoms with Crippen LogP contribution in [0.5, 0.6) is 0 Å². The van der Waals surface area contributed by atoms with Crippen molar-refractivity contribution in [2.75, 3.05) is 13.6 Å². The molecule has 4 nitrogen and oxygen atoms in total. The summed E-state index contributed by atoms with van der Waals surface area (Å²) < 4.78 is 0. The molecule has 0 radical (unpaired) electrons. The number of hydrogen-bond acceptors (Lipinski definition) is 3. The Labute approximate surface area is 117 Å². The van der Waals surface area contributed by atoms with Crippen molar-refractivity contribution in [2.24, 2.45) is 11.8 Å². The molecule has 19 heavy (non-hydrogen) atoms. The average molecular weight is 265 g/mol. The summed E-state index contributed by atoms with van der Waals surface area (Å²) >= 11 is 0. The molecule has 108 valence electrons. The highest BCUT2D eigenvalue weighted by Crippen LogP contribution is 2.39. The third kappa shape index (κ3) is 4.83. The summed E-state index contributed by atoms with van der Waals surface area (Å²) in [6, 6.07) is 2.63. The van der Waals surface area contributed by atoms with Gasteiger partial charge in [-0.2, -0.15) is 5.26 Å². The zero-order valence-electron chi connectivity index (χ0n) is 12.9. The first kappa shape index (κ1) is 16.0. The van der Waals surface area contributed by atoms with Gasteiger partial charge < -0.3 is 5.32 Å². The van der Waals surface area contributed by atoms with Gasteiger partial charge in [0.1, 0.15) is 5.54 Å². The third-order valence-electron chi connectivity index (χ3n) is 3.98. The first-order valence-electron chi connectivity index (χ1n) is 7.21. The van der Waals surface area contributed by atoms with E-state index in [9.17, 15) is 10.1 Å². The molecule has 0 saturated heterocycles. The zero-order valence-corrected chi connectivity index (χ0v) is 12.9. The van der Waals surface area contributed by atoms with E-state index in [0.717, 1.165) is 19.3 Å². The first-order chi connectivity index (χ1) is 8.78. The fourth-order valence-corrected chi connectivity index (χ4v) is 2.46. The lowest BCUT2D eigenvalue weighted by atomic mass is 9.98. The number of nitrogens with one attached hydrogen (secondary N) is 1. The first-order valence-corrected chi connectivity index (χ1v) is 7.21. The van der Waals surface area contributed by atoms with Gasteiger partial charge in [0.2, 0.25) is 5.91 Å². The topological polar surface area (TPSA) is 56.1 Å². The average Bonchev–Trinajstić information content (AvgIpc) is 3.11. The van der Waals surface area contributed by atoms with Crippen molar-refractivity contribution in [3.8, 4) is 6.07 Å². The predicted octanol–water partition coefficient (Wildman–Crippen LogP) is 2.16. The third-order valence-corrected chi connectivity index (χ3v) is 3.98. The number of hydrogen-bond donors (Lipinski definition) is 1. The molecule has 0 aromatic rings. The molecule has 0 unspecified atom stereocenters. The number of rotatable bonds is 7. The fourth-order valence-electron chi connectivity index (χ4n) is 2.46. The standard InChI is InChI=1S/C15H27N3O/c1-11(2)8-12(3)18(5)9-14(19)17-15(4,10-16)13-6-7-13/h11-13H,6-9H2,1-5H3,(H,17,19)/t12-,15-/m1/s1. The largest absolute Gasteiger partial charge is 0.337 e. The van der Waals surface area contributed by atoms with Gasteiger partial charge in [-0.15, -0.1) is 0 Å². The maximum Gasteiger partial charge on any atom is 0.235 e. The normalized spacial score (nSPS) is 19.9. The number of carbonyl (C=O) groups is 1. The highest BCUT2D eigenvalue weighted by molar-refractivity contribution is 5.79. The Morgan fingerprint density at radius 2 is 2.05 bits per heavy atom. The summed E-state index contributed by atoms with van der Waals surface area (Å²) in [6.07, 6.45) is 3.16. The van der Waals surface area contributed by atoms with Crippen LogP contribution in [-0.4, -0.2) is 36.0 Å². The van der Waals surface area contributed by atoms with Gasteiger partial charge in [-0.3, -0.25) is 9.69 Å². The van der Waals surface area contributed by atoms with Crippen molar-refractivity contribution in [3.05, 3.63) is 0 Å². The van der Waals surface area contributed by atoms with Crippen LogP contribution >= 0.6 is 0 Å². The SMILES string of the molecule is CC(C)C[C@@H](C)N(C)CC(=O)N[C@](C)(C#N)C1CC1. The van der Waals surface area contributed by atoms with Crippen LogP contribution in [0.2, 0.25) is 0 Å². The summed E-state index contributed by atoms with van der Waals surface area (Å²) in [5.74, 6) is 0.908. The van der Waals surface area contributed by atoms with Crippen LogP contribution in [0.3, 0.4) is 0 Å². The second-order valence-corrected chi connectivity index (χ2v) is 6.53. The lowest BCUT2D eigenvalue weighted by molar-refractivity contribution is -0.123. The molecule has 1 rings (SSSR count). The molecule has 0 aromatic carbocycles. The van der Waals surface area contributed by atoms with Crippen LogP contribution in [0.4, 0.5) is 0 Å². The van der Waals surface area contributed by atoms with E-state index in [0.29, 0.717) is 24.4 Å². The summed E-state index contributed by atoms with van der Waals surface area (Å²) in [6.45, 7) is 8.70. The Bertz CT molecular complexity index is 357. The quantitative estimate of drug-likeness (QED) is 0.767. The molecular weight excluding hydrogens is 238 g/mol. The van der Waals surface area contributed by atoms with Crippen LogP contribution in [0, 0.1) is 23.2 Å². The van der Waals surface area contributed by atoms with E-state index in [4.69, 9.17) is 0 Å². The van der Waals surface area contributed by atoms with Crippen molar-refractivity contribution in [1.29, 1.82) is 5.26 Å². The molecule has 0 bridgehead atoms. The summed E-state index contributed by atoms with van der Waals surface area (Å²) in [7, 11) is 1.97. The van der Waals surface area contributed by atoms with E-state index in [1.165, 1.54) is 0 Å². The van der Waals surface area contributed by atoms with Gasteiger partial charge in [0, 0.05) is 6.04 Å². The summed E-state index contributed by atoms with van der Waals surface area (Å²) in [5.41, 5.74) is -0.681. The Hall–Kier alpha value is -1.08. The smallest absolute Gasteiger partial charge is 0.235 e. The van der Waals surface area contributed by atoms with Crippen LogP contribution in [0.15, 0.2) is 0 Å². The van der Waals surface area contributed by atoms with Gasteiger partial charge in [0.05, 0.1) is 12.6 Å². The van der Waals surface area contributed by atoms with Gasteiger partial charge in [-0.25, -0.2) is 0 Å².